The van der Waals surface area contributed by atoms with Crippen molar-refractivity contribution >= 4 is 32.7 Å². The Morgan fingerprint density at radius 2 is 1.65 bits per heavy atom. The number of benzene rings is 2. The first kappa shape index (κ1) is 18.8. The van der Waals surface area contributed by atoms with Gasteiger partial charge in [0, 0.05) is 29.0 Å². The Morgan fingerprint density at radius 3 is 2.35 bits per heavy atom. The van der Waals surface area contributed by atoms with Crippen molar-refractivity contribution in [3.63, 3.8) is 0 Å². The number of anilines is 1. The number of hydrogen-bond acceptors (Lipinski definition) is 4. The third kappa shape index (κ3) is 4.40. The highest BCUT2D eigenvalue weighted by Gasteiger charge is 2.13. The number of aryl methyl sites for hydroxylation is 1. The van der Waals surface area contributed by atoms with Crippen LogP contribution in [-0.2, 0) is 0 Å². The maximum Gasteiger partial charge on any atom is 0.162 e. The van der Waals surface area contributed by atoms with E-state index in [1.165, 1.54) is 5.56 Å². The van der Waals surface area contributed by atoms with Gasteiger partial charge in [-0.25, -0.2) is 9.97 Å². The maximum absolute atomic E-state index is 4.93. The van der Waals surface area contributed by atoms with Gasteiger partial charge in [-0.1, -0.05) is 39.7 Å². The normalized spacial score (nSPS) is 11.3. The smallest absolute Gasteiger partial charge is 0.162 e. The van der Waals surface area contributed by atoms with E-state index in [-0.39, 0.29) is 0 Å². The molecule has 4 nitrogen and oxygen atoms in total. The summed E-state index contributed by atoms with van der Waals surface area (Å²) >= 11 is 3.49. The summed E-state index contributed by atoms with van der Waals surface area (Å²) in [4.78, 5) is 14.2. The van der Waals surface area contributed by atoms with Crippen LogP contribution in [0.4, 0.5) is 5.82 Å². The van der Waals surface area contributed by atoms with Crippen LogP contribution < -0.4 is 4.90 Å². The monoisotopic (exact) mass is 412 g/mol. The zero-order chi connectivity index (χ0) is 18.7. The summed E-state index contributed by atoms with van der Waals surface area (Å²) in [6.07, 6.45) is 1.09. The van der Waals surface area contributed by atoms with Crippen molar-refractivity contribution in [2.75, 3.05) is 39.1 Å². The van der Waals surface area contributed by atoms with Crippen molar-refractivity contribution in [2.24, 2.45) is 0 Å². The van der Waals surface area contributed by atoms with Crippen LogP contribution in [0, 0.1) is 6.92 Å². The van der Waals surface area contributed by atoms with Crippen LogP contribution in [-0.4, -0.2) is 49.1 Å². The molecule has 0 spiro atoms. The molecule has 0 amide bonds. The molecule has 0 aliphatic rings. The summed E-state index contributed by atoms with van der Waals surface area (Å²) in [7, 11) is 6.33. The number of halogens is 1. The third-order valence-electron chi connectivity index (χ3n) is 4.39. The van der Waals surface area contributed by atoms with Crippen molar-refractivity contribution < 1.29 is 0 Å². The van der Waals surface area contributed by atoms with Crippen LogP contribution in [0.3, 0.4) is 0 Å². The van der Waals surface area contributed by atoms with Gasteiger partial charge in [0.1, 0.15) is 5.82 Å². The maximum atomic E-state index is 4.93. The minimum Gasteiger partial charge on any atom is -0.359 e. The van der Waals surface area contributed by atoms with Crippen LogP contribution in [0.25, 0.3) is 22.3 Å². The SMILES string of the molecule is Cc1ccc2nc(-c3ccc(Br)cc3)nc(N(C)CCCN(C)C)c2c1. The summed E-state index contributed by atoms with van der Waals surface area (Å²) in [5.74, 6) is 1.76. The molecule has 136 valence electrons. The Labute approximate surface area is 164 Å². The van der Waals surface area contributed by atoms with Gasteiger partial charge in [-0.3, -0.25) is 0 Å². The summed E-state index contributed by atoms with van der Waals surface area (Å²) in [5.41, 5.74) is 3.23. The zero-order valence-electron chi connectivity index (χ0n) is 15.8. The Hall–Kier alpha value is -1.98. The van der Waals surface area contributed by atoms with Crippen LogP contribution in [0.2, 0.25) is 0 Å². The van der Waals surface area contributed by atoms with E-state index in [1.54, 1.807) is 0 Å². The van der Waals surface area contributed by atoms with Crippen molar-refractivity contribution in [3.05, 3.63) is 52.5 Å². The van der Waals surface area contributed by atoms with Crippen molar-refractivity contribution in [3.8, 4) is 11.4 Å². The molecule has 3 aromatic rings. The second-order valence-corrected chi connectivity index (χ2v) is 7.89. The Kier molecular flexibility index (Phi) is 5.89. The molecular weight excluding hydrogens is 388 g/mol. The van der Waals surface area contributed by atoms with E-state index in [0.29, 0.717) is 0 Å². The van der Waals surface area contributed by atoms with E-state index in [4.69, 9.17) is 9.97 Å². The molecular formula is C21H25BrN4. The van der Waals surface area contributed by atoms with Gasteiger partial charge in [-0.05, 0) is 58.3 Å². The summed E-state index contributed by atoms with van der Waals surface area (Å²) in [5, 5.41) is 1.11. The first-order valence-corrected chi connectivity index (χ1v) is 9.63. The highest BCUT2D eigenvalue weighted by atomic mass is 79.9. The van der Waals surface area contributed by atoms with Crippen molar-refractivity contribution in [2.45, 2.75) is 13.3 Å². The van der Waals surface area contributed by atoms with E-state index in [1.807, 2.05) is 12.1 Å². The van der Waals surface area contributed by atoms with E-state index in [9.17, 15) is 0 Å². The highest BCUT2D eigenvalue weighted by molar-refractivity contribution is 9.10. The van der Waals surface area contributed by atoms with E-state index < -0.39 is 0 Å². The molecule has 0 N–H and O–H groups in total. The molecule has 26 heavy (non-hydrogen) atoms. The lowest BCUT2D eigenvalue weighted by Gasteiger charge is -2.22. The fraction of sp³-hybridized carbons (Fsp3) is 0.333. The molecule has 0 saturated heterocycles. The fourth-order valence-corrected chi connectivity index (χ4v) is 3.24. The Morgan fingerprint density at radius 1 is 0.923 bits per heavy atom. The molecule has 0 aliphatic carbocycles. The van der Waals surface area contributed by atoms with Gasteiger partial charge < -0.3 is 9.80 Å². The predicted octanol–water partition coefficient (Wildman–Crippen LogP) is 4.76. The Bertz CT molecular complexity index is 890. The number of aromatic nitrogens is 2. The van der Waals surface area contributed by atoms with E-state index >= 15 is 0 Å². The van der Waals surface area contributed by atoms with Gasteiger partial charge >= 0.3 is 0 Å². The van der Waals surface area contributed by atoms with Crippen LogP contribution in [0.5, 0.6) is 0 Å². The molecule has 0 unspecified atom stereocenters. The first-order valence-electron chi connectivity index (χ1n) is 8.84. The molecule has 0 bridgehead atoms. The molecule has 0 atom stereocenters. The van der Waals surface area contributed by atoms with E-state index in [2.05, 4.69) is 84.1 Å². The van der Waals surface area contributed by atoms with Crippen LogP contribution in [0.1, 0.15) is 12.0 Å². The molecule has 0 radical (unpaired) electrons. The minimum atomic E-state index is 0.767. The second-order valence-electron chi connectivity index (χ2n) is 6.98. The van der Waals surface area contributed by atoms with Crippen LogP contribution >= 0.6 is 15.9 Å². The van der Waals surface area contributed by atoms with Gasteiger partial charge in [0.15, 0.2) is 5.82 Å². The summed E-state index contributed by atoms with van der Waals surface area (Å²) < 4.78 is 1.05. The lowest BCUT2D eigenvalue weighted by molar-refractivity contribution is 0.401. The largest absolute Gasteiger partial charge is 0.359 e. The molecule has 1 aromatic heterocycles. The molecule has 3 rings (SSSR count). The third-order valence-corrected chi connectivity index (χ3v) is 4.92. The second kappa shape index (κ2) is 8.14. The molecule has 0 aliphatic heterocycles. The fourth-order valence-electron chi connectivity index (χ4n) is 2.98. The molecule has 1 heterocycles. The first-order chi connectivity index (χ1) is 12.4. The minimum absolute atomic E-state index is 0.767. The van der Waals surface area contributed by atoms with Gasteiger partial charge in [0.25, 0.3) is 0 Å². The average Bonchev–Trinajstić information content (AvgIpc) is 2.61. The summed E-state index contributed by atoms with van der Waals surface area (Å²) in [6.45, 7) is 4.13. The number of hydrogen-bond donors (Lipinski definition) is 0. The van der Waals surface area contributed by atoms with Gasteiger partial charge in [0.05, 0.1) is 5.52 Å². The zero-order valence-corrected chi connectivity index (χ0v) is 17.4. The van der Waals surface area contributed by atoms with Crippen molar-refractivity contribution in [1.82, 2.24) is 14.9 Å². The van der Waals surface area contributed by atoms with Gasteiger partial charge in [-0.2, -0.15) is 0 Å². The number of fused-ring (bicyclic) bond motifs is 1. The van der Waals surface area contributed by atoms with E-state index in [0.717, 1.165) is 52.1 Å². The van der Waals surface area contributed by atoms with Gasteiger partial charge in [0.2, 0.25) is 0 Å². The van der Waals surface area contributed by atoms with Crippen LogP contribution in [0.15, 0.2) is 46.9 Å². The van der Waals surface area contributed by atoms with Crippen molar-refractivity contribution in [1.29, 1.82) is 0 Å². The molecule has 0 fully saturated rings. The summed E-state index contributed by atoms with van der Waals surface area (Å²) in [6, 6.07) is 14.5. The topological polar surface area (TPSA) is 32.3 Å². The van der Waals surface area contributed by atoms with Gasteiger partial charge in [-0.15, -0.1) is 0 Å². The predicted molar refractivity (Wildman–Crippen MR) is 114 cm³/mol. The quantitative estimate of drug-likeness (QED) is 0.584. The molecule has 5 heteroatoms. The molecule has 0 saturated carbocycles. The number of nitrogens with zero attached hydrogens (tertiary/aromatic N) is 4. The molecule has 2 aromatic carbocycles. The number of rotatable bonds is 6. The lowest BCUT2D eigenvalue weighted by Crippen LogP contribution is -2.24. The highest BCUT2D eigenvalue weighted by Crippen LogP contribution is 2.28. The lowest BCUT2D eigenvalue weighted by atomic mass is 10.1. The Balaban J connectivity index is 2.03. The standard InChI is InChI=1S/C21H25BrN4/c1-15-6-11-19-18(14-15)21(26(4)13-5-12-25(2)3)24-20(23-19)16-7-9-17(22)10-8-16/h6-11,14H,5,12-13H2,1-4H3. The average molecular weight is 413 g/mol.